The number of fused-ring (bicyclic) bond motifs is 1. The van der Waals surface area contributed by atoms with Crippen molar-refractivity contribution < 1.29 is 14.7 Å². The molecule has 0 fully saturated rings. The molecule has 0 unspecified atom stereocenters. The summed E-state index contributed by atoms with van der Waals surface area (Å²) in [4.78, 5) is 25.9. The van der Waals surface area contributed by atoms with Gasteiger partial charge in [0.25, 0.3) is 0 Å². The number of nitrogens with one attached hydrogen (secondary N) is 1. The van der Waals surface area contributed by atoms with Gasteiger partial charge in [-0.2, -0.15) is 0 Å². The van der Waals surface area contributed by atoms with Crippen LogP contribution >= 0.6 is 22.7 Å². The maximum atomic E-state index is 12.1. The number of hydrogen-bond donors (Lipinski definition) is 2. The van der Waals surface area contributed by atoms with Crippen molar-refractivity contribution in [1.82, 2.24) is 0 Å². The SMILES string of the molecule is O=C(Cc1cccs1)Nc1sc2c(c1C(=O)O)CCCCC2. The van der Waals surface area contributed by atoms with Crippen molar-refractivity contribution in [3.8, 4) is 0 Å². The lowest BCUT2D eigenvalue weighted by Crippen LogP contribution is -2.15. The monoisotopic (exact) mass is 335 g/mol. The van der Waals surface area contributed by atoms with E-state index in [0.717, 1.165) is 47.4 Å². The average molecular weight is 335 g/mol. The van der Waals surface area contributed by atoms with Gasteiger partial charge < -0.3 is 10.4 Å². The first kappa shape index (κ1) is 15.2. The number of aryl methyl sites for hydroxylation is 1. The molecular formula is C16H17NO3S2. The second-order valence-corrected chi connectivity index (χ2v) is 7.52. The van der Waals surface area contributed by atoms with Gasteiger partial charge >= 0.3 is 5.97 Å². The molecule has 1 aliphatic carbocycles. The average Bonchev–Trinajstić information content (AvgIpc) is 3.01. The molecule has 2 N–H and O–H groups in total. The van der Waals surface area contributed by atoms with Crippen LogP contribution in [-0.4, -0.2) is 17.0 Å². The van der Waals surface area contributed by atoms with Crippen LogP contribution in [0.15, 0.2) is 17.5 Å². The third kappa shape index (κ3) is 3.23. The molecule has 0 bridgehead atoms. The van der Waals surface area contributed by atoms with Gasteiger partial charge in [-0.05, 0) is 42.7 Å². The number of hydrogen-bond acceptors (Lipinski definition) is 4. The van der Waals surface area contributed by atoms with Crippen LogP contribution in [0, 0.1) is 0 Å². The van der Waals surface area contributed by atoms with Gasteiger partial charge in [0.15, 0.2) is 0 Å². The van der Waals surface area contributed by atoms with Crippen LogP contribution in [0.3, 0.4) is 0 Å². The highest BCUT2D eigenvalue weighted by molar-refractivity contribution is 7.17. The summed E-state index contributed by atoms with van der Waals surface area (Å²) >= 11 is 2.96. The summed E-state index contributed by atoms with van der Waals surface area (Å²) in [6.45, 7) is 0. The molecule has 2 aromatic heterocycles. The van der Waals surface area contributed by atoms with E-state index in [9.17, 15) is 14.7 Å². The lowest BCUT2D eigenvalue weighted by Gasteiger charge is -2.05. The van der Waals surface area contributed by atoms with Crippen LogP contribution in [0.1, 0.15) is 44.9 Å². The van der Waals surface area contributed by atoms with Crippen molar-refractivity contribution in [3.05, 3.63) is 38.4 Å². The summed E-state index contributed by atoms with van der Waals surface area (Å²) in [6, 6.07) is 3.81. The van der Waals surface area contributed by atoms with Gasteiger partial charge in [-0.1, -0.05) is 12.5 Å². The third-order valence-corrected chi connectivity index (χ3v) is 5.89. The molecule has 3 rings (SSSR count). The van der Waals surface area contributed by atoms with Gasteiger partial charge in [0, 0.05) is 9.75 Å². The minimum Gasteiger partial charge on any atom is -0.478 e. The Balaban J connectivity index is 1.83. The Bertz CT molecular complexity index is 689. The molecule has 22 heavy (non-hydrogen) atoms. The normalized spacial score (nSPS) is 14.2. The molecular weight excluding hydrogens is 318 g/mol. The predicted octanol–water partition coefficient (Wildman–Crippen LogP) is 3.96. The van der Waals surface area contributed by atoms with E-state index in [1.807, 2.05) is 17.5 Å². The Morgan fingerprint density at radius 2 is 2.05 bits per heavy atom. The lowest BCUT2D eigenvalue weighted by molar-refractivity contribution is -0.115. The number of rotatable bonds is 4. The summed E-state index contributed by atoms with van der Waals surface area (Å²) in [5, 5.41) is 14.8. The highest BCUT2D eigenvalue weighted by atomic mass is 32.1. The third-order valence-electron chi connectivity index (χ3n) is 3.80. The Kier molecular flexibility index (Phi) is 4.59. The fraction of sp³-hybridized carbons (Fsp3) is 0.375. The minimum atomic E-state index is -0.939. The molecule has 4 nitrogen and oxygen atoms in total. The first-order chi connectivity index (χ1) is 10.6. The van der Waals surface area contributed by atoms with E-state index in [-0.39, 0.29) is 5.91 Å². The van der Waals surface area contributed by atoms with Gasteiger partial charge in [0.05, 0.1) is 12.0 Å². The standard InChI is InChI=1S/C16H17NO3S2/c18-13(9-10-5-4-8-21-10)17-15-14(16(19)20)11-6-2-1-3-7-12(11)22-15/h4-5,8H,1-3,6-7,9H2,(H,17,18)(H,19,20). The summed E-state index contributed by atoms with van der Waals surface area (Å²) < 4.78 is 0. The molecule has 0 aliphatic heterocycles. The Morgan fingerprint density at radius 3 is 2.77 bits per heavy atom. The van der Waals surface area contributed by atoms with Crippen LogP contribution in [0.5, 0.6) is 0 Å². The smallest absolute Gasteiger partial charge is 0.339 e. The number of aromatic carboxylic acids is 1. The molecule has 0 atom stereocenters. The van der Waals surface area contributed by atoms with Crippen molar-refractivity contribution in [1.29, 1.82) is 0 Å². The summed E-state index contributed by atoms with van der Waals surface area (Å²) in [7, 11) is 0. The number of carboxylic acids is 1. The number of carbonyl (C=O) groups excluding carboxylic acids is 1. The molecule has 0 radical (unpaired) electrons. The fourth-order valence-corrected chi connectivity index (χ4v) is 4.80. The summed E-state index contributed by atoms with van der Waals surface area (Å²) in [6.07, 6.45) is 5.26. The van der Waals surface area contributed by atoms with Crippen molar-refractivity contribution in [2.75, 3.05) is 5.32 Å². The van der Waals surface area contributed by atoms with E-state index in [1.165, 1.54) is 22.7 Å². The van der Waals surface area contributed by atoms with Crippen molar-refractivity contribution in [2.45, 2.75) is 38.5 Å². The zero-order chi connectivity index (χ0) is 15.5. The van der Waals surface area contributed by atoms with Crippen molar-refractivity contribution in [2.24, 2.45) is 0 Å². The quantitative estimate of drug-likeness (QED) is 0.831. The molecule has 6 heteroatoms. The van der Waals surface area contributed by atoms with Gasteiger partial charge in [-0.25, -0.2) is 4.79 Å². The van der Waals surface area contributed by atoms with E-state index in [0.29, 0.717) is 17.0 Å². The lowest BCUT2D eigenvalue weighted by atomic mass is 10.1. The van der Waals surface area contributed by atoms with Crippen LogP contribution in [0.2, 0.25) is 0 Å². The molecule has 116 valence electrons. The Labute approximate surface area is 136 Å². The van der Waals surface area contributed by atoms with E-state index >= 15 is 0 Å². The van der Waals surface area contributed by atoms with Crippen LogP contribution in [0.4, 0.5) is 5.00 Å². The zero-order valence-corrected chi connectivity index (χ0v) is 13.7. The highest BCUT2D eigenvalue weighted by Gasteiger charge is 2.25. The van der Waals surface area contributed by atoms with Crippen LogP contribution in [0.25, 0.3) is 0 Å². The zero-order valence-electron chi connectivity index (χ0n) is 12.1. The number of carbonyl (C=O) groups is 2. The number of anilines is 1. The van der Waals surface area contributed by atoms with E-state index in [2.05, 4.69) is 5.32 Å². The molecule has 0 aromatic carbocycles. The van der Waals surface area contributed by atoms with E-state index in [4.69, 9.17) is 0 Å². The number of carboxylic acid groups (broad SMARTS) is 1. The maximum Gasteiger partial charge on any atom is 0.339 e. The van der Waals surface area contributed by atoms with Crippen LogP contribution in [-0.2, 0) is 24.1 Å². The summed E-state index contributed by atoms with van der Waals surface area (Å²) in [5.74, 6) is -1.09. The number of amides is 1. The van der Waals surface area contributed by atoms with Gasteiger partial charge in [0.1, 0.15) is 5.00 Å². The molecule has 2 heterocycles. The van der Waals surface area contributed by atoms with Crippen LogP contribution < -0.4 is 5.32 Å². The first-order valence-electron chi connectivity index (χ1n) is 7.35. The molecule has 0 saturated heterocycles. The second-order valence-electron chi connectivity index (χ2n) is 5.38. The van der Waals surface area contributed by atoms with Gasteiger partial charge in [0.2, 0.25) is 5.91 Å². The number of thiophene rings is 2. The second kappa shape index (κ2) is 6.62. The van der Waals surface area contributed by atoms with E-state index < -0.39 is 5.97 Å². The van der Waals surface area contributed by atoms with Crippen molar-refractivity contribution in [3.63, 3.8) is 0 Å². The topological polar surface area (TPSA) is 66.4 Å². The molecule has 1 amide bonds. The van der Waals surface area contributed by atoms with Gasteiger partial charge in [-0.15, -0.1) is 22.7 Å². The maximum absolute atomic E-state index is 12.1. The predicted molar refractivity (Wildman–Crippen MR) is 89.2 cm³/mol. The Morgan fingerprint density at radius 1 is 1.23 bits per heavy atom. The minimum absolute atomic E-state index is 0.152. The van der Waals surface area contributed by atoms with Gasteiger partial charge in [-0.3, -0.25) is 4.79 Å². The Hall–Kier alpha value is -1.66. The molecule has 0 spiro atoms. The summed E-state index contributed by atoms with van der Waals surface area (Å²) in [5.41, 5.74) is 1.24. The molecule has 0 saturated carbocycles. The molecule has 1 aliphatic rings. The highest BCUT2D eigenvalue weighted by Crippen LogP contribution is 2.37. The molecule has 2 aromatic rings. The fourth-order valence-electron chi connectivity index (χ4n) is 2.80. The van der Waals surface area contributed by atoms with Crippen molar-refractivity contribution >= 4 is 39.6 Å². The van der Waals surface area contributed by atoms with E-state index in [1.54, 1.807) is 0 Å². The largest absolute Gasteiger partial charge is 0.478 e. The first-order valence-corrected chi connectivity index (χ1v) is 9.05.